The SMILES string of the molecule is COc1ccc(C2CC2C#N)cc1Br. The topological polar surface area (TPSA) is 33.0 Å². The van der Waals surface area contributed by atoms with Gasteiger partial charge in [-0.05, 0) is 40.0 Å². The minimum absolute atomic E-state index is 0.218. The first-order valence-corrected chi connectivity index (χ1v) is 5.28. The smallest absolute Gasteiger partial charge is 0.133 e. The fourth-order valence-electron chi connectivity index (χ4n) is 1.62. The quantitative estimate of drug-likeness (QED) is 0.810. The first-order chi connectivity index (χ1) is 6.76. The molecule has 1 aliphatic rings. The summed E-state index contributed by atoms with van der Waals surface area (Å²) in [5, 5.41) is 8.72. The molecule has 3 heteroatoms. The van der Waals surface area contributed by atoms with Gasteiger partial charge in [0.15, 0.2) is 0 Å². The van der Waals surface area contributed by atoms with Crippen molar-refractivity contribution in [3.8, 4) is 11.8 Å². The minimum Gasteiger partial charge on any atom is -0.496 e. The molecule has 72 valence electrons. The fraction of sp³-hybridized carbons (Fsp3) is 0.364. The van der Waals surface area contributed by atoms with Crippen LogP contribution in [0.1, 0.15) is 17.9 Å². The molecule has 2 rings (SSSR count). The lowest BCUT2D eigenvalue weighted by Crippen LogP contribution is -1.87. The van der Waals surface area contributed by atoms with Gasteiger partial charge in [0.05, 0.1) is 23.6 Å². The summed E-state index contributed by atoms with van der Waals surface area (Å²) < 4.78 is 6.10. The van der Waals surface area contributed by atoms with Crippen LogP contribution >= 0.6 is 15.9 Å². The Hall–Kier alpha value is -1.01. The van der Waals surface area contributed by atoms with Crippen molar-refractivity contribution in [3.05, 3.63) is 28.2 Å². The number of nitriles is 1. The monoisotopic (exact) mass is 251 g/mol. The molecule has 0 radical (unpaired) electrons. The number of benzene rings is 1. The van der Waals surface area contributed by atoms with E-state index in [0.29, 0.717) is 5.92 Å². The lowest BCUT2D eigenvalue weighted by Gasteiger charge is -2.04. The summed E-state index contributed by atoms with van der Waals surface area (Å²) in [6.45, 7) is 0. The zero-order valence-electron chi connectivity index (χ0n) is 7.83. The Morgan fingerprint density at radius 3 is 2.86 bits per heavy atom. The third-order valence-corrected chi connectivity index (χ3v) is 3.18. The van der Waals surface area contributed by atoms with E-state index in [1.165, 1.54) is 5.56 Å². The zero-order valence-corrected chi connectivity index (χ0v) is 9.41. The summed E-state index contributed by atoms with van der Waals surface area (Å²) in [7, 11) is 1.65. The zero-order chi connectivity index (χ0) is 10.1. The molecule has 2 unspecified atom stereocenters. The second-order valence-electron chi connectivity index (χ2n) is 3.47. The number of nitrogens with zero attached hydrogens (tertiary/aromatic N) is 1. The highest BCUT2D eigenvalue weighted by atomic mass is 79.9. The van der Waals surface area contributed by atoms with E-state index in [-0.39, 0.29) is 5.92 Å². The van der Waals surface area contributed by atoms with Crippen molar-refractivity contribution in [2.24, 2.45) is 5.92 Å². The van der Waals surface area contributed by atoms with Gasteiger partial charge >= 0.3 is 0 Å². The number of rotatable bonds is 2. The van der Waals surface area contributed by atoms with E-state index >= 15 is 0 Å². The summed E-state index contributed by atoms with van der Waals surface area (Å²) in [6, 6.07) is 8.30. The fourth-order valence-corrected chi connectivity index (χ4v) is 2.18. The standard InChI is InChI=1S/C11H10BrNO/c1-14-11-3-2-7(5-10(11)12)9-4-8(9)6-13/h2-3,5,8-9H,4H2,1H3. The van der Waals surface area contributed by atoms with Crippen molar-refractivity contribution < 1.29 is 4.74 Å². The molecule has 2 atom stereocenters. The number of halogens is 1. The van der Waals surface area contributed by atoms with E-state index < -0.39 is 0 Å². The third kappa shape index (κ3) is 1.62. The van der Waals surface area contributed by atoms with Gasteiger partial charge in [0, 0.05) is 5.92 Å². The highest BCUT2D eigenvalue weighted by Crippen LogP contribution is 2.47. The van der Waals surface area contributed by atoms with Crippen molar-refractivity contribution in [2.45, 2.75) is 12.3 Å². The van der Waals surface area contributed by atoms with Gasteiger partial charge in [0.1, 0.15) is 5.75 Å². The van der Waals surface area contributed by atoms with Gasteiger partial charge in [0.2, 0.25) is 0 Å². The molecule has 0 amide bonds. The molecule has 0 N–H and O–H groups in total. The van der Waals surface area contributed by atoms with E-state index in [1.54, 1.807) is 7.11 Å². The van der Waals surface area contributed by atoms with Crippen LogP contribution in [0.15, 0.2) is 22.7 Å². The van der Waals surface area contributed by atoms with Crippen LogP contribution in [0.2, 0.25) is 0 Å². The second kappa shape index (κ2) is 3.62. The molecule has 0 aromatic heterocycles. The van der Waals surface area contributed by atoms with E-state index in [0.717, 1.165) is 16.6 Å². The first-order valence-electron chi connectivity index (χ1n) is 4.49. The molecular formula is C11H10BrNO. The van der Waals surface area contributed by atoms with Gasteiger partial charge in [-0.1, -0.05) is 6.07 Å². The largest absolute Gasteiger partial charge is 0.496 e. The summed E-state index contributed by atoms with van der Waals surface area (Å²) >= 11 is 3.44. The number of ether oxygens (including phenoxy) is 1. The lowest BCUT2D eigenvalue weighted by atomic mass is 10.1. The molecule has 0 aliphatic heterocycles. The van der Waals surface area contributed by atoms with E-state index in [1.807, 2.05) is 18.2 Å². The van der Waals surface area contributed by atoms with E-state index in [4.69, 9.17) is 10.00 Å². The van der Waals surface area contributed by atoms with Crippen LogP contribution < -0.4 is 4.74 Å². The maximum absolute atomic E-state index is 8.72. The Kier molecular flexibility index (Phi) is 2.47. The maximum atomic E-state index is 8.72. The van der Waals surface area contributed by atoms with E-state index in [2.05, 4.69) is 22.0 Å². The predicted molar refractivity (Wildman–Crippen MR) is 57.2 cm³/mol. The highest BCUT2D eigenvalue weighted by molar-refractivity contribution is 9.10. The molecule has 1 aromatic rings. The van der Waals surface area contributed by atoms with Crippen molar-refractivity contribution in [3.63, 3.8) is 0 Å². The van der Waals surface area contributed by atoms with Crippen LogP contribution in [0.25, 0.3) is 0 Å². The van der Waals surface area contributed by atoms with Crippen molar-refractivity contribution >= 4 is 15.9 Å². The van der Waals surface area contributed by atoms with Crippen LogP contribution in [0, 0.1) is 17.2 Å². The molecule has 0 heterocycles. The Bertz CT molecular complexity index is 397. The highest BCUT2D eigenvalue weighted by Gasteiger charge is 2.38. The van der Waals surface area contributed by atoms with Gasteiger partial charge in [-0.25, -0.2) is 0 Å². The molecular weight excluding hydrogens is 242 g/mol. The average Bonchev–Trinajstić information content (AvgIpc) is 2.96. The second-order valence-corrected chi connectivity index (χ2v) is 4.33. The molecule has 1 saturated carbocycles. The summed E-state index contributed by atoms with van der Waals surface area (Å²) in [4.78, 5) is 0. The molecule has 14 heavy (non-hydrogen) atoms. The molecule has 2 nitrogen and oxygen atoms in total. The number of hydrogen-bond donors (Lipinski definition) is 0. The van der Waals surface area contributed by atoms with E-state index in [9.17, 15) is 0 Å². The summed E-state index contributed by atoms with van der Waals surface area (Å²) in [5.74, 6) is 1.49. The van der Waals surface area contributed by atoms with Crippen LogP contribution in [0.3, 0.4) is 0 Å². The van der Waals surface area contributed by atoms with Gasteiger partial charge in [0.25, 0.3) is 0 Å². The summed E-state index contributed by atoms with van der Waals surface area (Å²) in [6.07, 6.45) is 0.995. The minimum atomic E-state index is 0.218. The molecule has 1 aliphatic carbocycles. The van der Waals surface area contributed by atoms with Gasteiger partial charge in [-0.3, -0.25) is 0 Å². The third-order valence-electron chi connectivity index (χ3n) is 2.56. The molecule has 1 fully saturated rings. The van der Waals surface area contributed by atoms with Crippen LogP contribution in [-0.2, 0) is 0 Å². The maximum Gasteiger partial charge on any atom is 0.133 e. The van der Waals surface area contributed by atoms with Crippen LogP contribution in [0.5, 0.6) is 5.75 Å². The molecule has 0 spiro atoms. The molecule has 0 saturated heterocycles. The van der Waals surface area contributed by atoms with Gasteiger partial charge in [-0.2, -0.15) is 5.26 Å². The first kappa shape index (κ1) is 9.54. The van der Waals surface area contributed by atoms with Crippen LogP contribution in [0.4, 0.5) is 0 Å². The Morgan fingerprint density at radius 1 is 1.57 bits per heavy atom. The summed E-state index contributed by atoms with van der Waals surface area (Å²) in [5.41, 5.74) is 1.23. The molecule has 1 aromatic carbocycles. The lowest BCUT2D eigenvalue weighted by molar-refractivity contribution is 0.412. The Balaban J connectivity index is 2.22. The van der Waals surface area contributed by atoms with Crippen molar-refractivity contribution in [1.82, 2.24) is 0 Å². The average molecular weight is 252 g/mol. The van der Waals surface area contributed by atoms with Gasteiger partial charge in [-0.15, -0.1) is 0 Å². The Morgan fingerprint density at radius 2 is 2.36 bits per heavy atom. The van der Waals surface area contributed by atoms with Crippen molar-refractivity contribution in [2.75, 3.05) is 7.11 Å². The Labute approximate surface area is 91.6 Å². The molecule has 0 bridgehead atoms. The van der Waals surface area contributed by atoms with Gasteiger partial charge < -0.3 is 4.74 Å². The van der Waals surface area contributed by atoms with Crippen molar-refractivity contribution in [1.29, 1.82) is 5.26 Å². The normalized spacial score (nSPS) is 24.1. The number of methoxy groups -OCH3 is 1. The van der Waals surface area contributed by atoms with Crippen LogP contribution in [-0.4, -0.2) is 7.11 Å². The predicted octanol–water partition coefficient (Wildman–Crippen LogP) is 3.08. The number of hydrogen-bond acceptors (Lipinski definition) is 2.